The minimum atomic E-state index is -0.224. The van der Waals surface area contributed by atoms with Crippen molar-refractivity contribution in [1.29, 1.82) is 0 Å². The summed E-state index contributed by atoms with van der Waals surface area (Å²) < 4.78 is 4.94. The molecule has 0 fully saturated rings. The van der Waals surface area contributed by atoms with Crippen molar-refractivity contribution >= 4 is 5.97 Å². The van der Waals surface area contributed by atoms with E-state index in [0.29, 0.717) is 6.61 Å². The molecule has 0 aromatic rings. The van der Waals surface area contributed by atoms with Gasteiger partial charge in [0.2, 0.25) is 0 Å². The predicted octanol–water partition coefficient (Wildman–Crippen LogP) is 3.08. The van der Waals surface area contributed by atoms with Gasteiger partial charge in [-0.3, -0.25) is 0 Å². The van der Waals surface area contributed by atoms with Crippen LogP contribution < -0.4 is 0 Å². The molecule has 0 atom stereocenters. The number of carbonyl (C=O) groups is 1. The Morgan fingerprint density at radius 3 is 2.54 bits per heavy atom. The third kappa shape index (κ3) is 9.12. The average molecular weight is 184 g/mol. The van der Waals surface area contributed by atoms with Crippen molar-refractivity contribution in [2.45, 2.75) is 46.0 Å². The second-order valence-electron chi connectivity index (χ2n) is 3.08. The largest absolute Gasteiger partial charge is 0.463 e. The van der Waals surface area contributed by atoms with Gasteiger partial charge >= 0.3 is 5.97 Å². The molecule has 2 heteroatoms. The molecule has 0 aromatic heterocycles. The van der Waals surface area contributed by atoms with E-state index in [9.17, 15) is 4.79 Å². The molecule has 0 unspecified atom stereocenters. The number of unbranched alkanes of at least 4 members (excludes halogenated alkanes) is 4. The lowest BCUT2D eigenvalue weighted by molar-refractivity contribution is -0.137. The highest BCUT2D eigenvalue weighted by Crippen LogP contribution is 2.02. The van der Waals surface area contributed by atoms with E-state index < -0.39 is 0 Å². The molecular weight excluding hydrogens is 164 g/mol. The molecule has 0 aromatic carbocycles. The Balaban J connectivity index is 3.11. The molecule has 0 saturated carbocycles. The van der Waals surface area contributed by atoms with Gasteiger partial charge in [-0.1, -0.05) is 38.7 Å². The molecule has 0 amide bonds. The molecule has 0 N–H and O–H groups in total. The average Bonchev–Trinajstić information content (AvgIpc) is 2.11. The van der Waals surface area contributed by atoms with E-state index in [1.54, 1.807) is 6.08 Å². The molecule has 0 bridgehead atoms. The summed E-state index contributed by atoms with van der Waals surface area (Å²) in [4.78, 5) is 10.8. The van der Waals surface area contributed by atoms with Gasteiger partial charge in [0.1, 0.15) is 0 Å². The van der Waals surface area contributed by atoms with Gasteiger partial charge in [0.15, 0.2) is 0 Å². The van der Waals surface area contributed by atoms with E-state index in [-0.39, 0.29) is 5.97 Å². The molecule has 2 nitrogen and oxygen atoms in total. The van der Waals surface area contributed by atoms with Crippen molar-refractivity contribution in [2.75, 3.05) is 6.61 Å². The van der Waals surface area contributed by atoms with Crippen molar-refractivity contribution in [2.24, 2.45) is 0 Å². The molecule has 13 heavy (non-hydrogen) atoms. The summed E-state index contributed by atoms with van der Waals surface area (Å²) in [6.45, 7) is 4.56. The Kier molecular flexibility index (Phi) is 8.73. The summed E-state index contributed by atoms with van der Waals surface area (Å²) in [6.07, 6.45) is 9.07. The molecule has 0 spiro atoms. The molecule has 0 heterocycles. The van der Waals surface area contributed by atoms with Crippen molar-refractivity contribution < 1.29 is 9.53 Å². The van der Waals surface area contributed by atoms with Crippen molar-refractivity contribution in [3.63, 3.8) is 0 Å². The molecule has 0 saturated heterocycles. The third-order valence-electron chi connectivity index (χ3n) is 1.79. The van der Waals surface area contributed by atoms with Gasteiger partial charge in [0, 0.05) is 6.08 Å². The van der Waals surface area contributed by atoms with Gasteiger partial charge in [-0.2, -0.15) is 0 Å². The van der Waals surface area contributed by atoms with E-state index in [2.05, 4.69) is 6.92 Å². The van der Waals surface area contributed by atoms with Gasteiger partial charge in [-0.05, 0) is 13.3 Å². The third-order valence-corrected chi connectivity index (χ3v) is 1.79. The summed E-state index contributed by atoms with van der Waals surface area (Å²) in [5.74, 6) is -0.224. The maximum absolute atomic E-state index is 10.8. The standard InChI is InChI=1S/C11H20O2/c1-3-5-6-7-8-10-13-11(12)9-4-2/h4,9H,3,5-8,10H2,1-2H3. The van der Waals surface area contributed by atoms with Crippen LogP contribution >= 0.6 is 0 Å². The first kappa shape index (κ1) is 12.2. The SMILES string of the molecule is CC=CC(=O)OCCCCCCC. The number of hydrogen-bond donors (Lipinski definition) is 0. The van der Waals surface area contributed by atoms with Crippen LogP contribution in [0.5, 0.6) is 0 Å². The van der Waals surface area contributed by atoms with E-state index in [0.717, 1.165) is 12.8 Å². The second-order valence-corrected chi connectivity index (χ2v) is 3.08. The Labute approximate surface area is 81.0 Å². The van der Waals surface area contributed by atoms with Crippen LogP contribution in [0.15, 0.2) is 12.2 Å². The smallest absolute Gasteiger partial charge is 0.330 e. The maximum Gasteiger partial charge on any atom is 0.330 e. The quantitative estimate of drug-likeness (QED) is 0.345. The summed E-state index contributed by atoms with van der Waals surface area (Å²) in [5, 5.41) is 0. The lowest BCUT2D eigenvalue weighted by atomic mass is 10.2. The van der Waals surface area contributed by atoms with Crippen LogP contribution in [-0.2, 0) is 9.53 Å². The Bertz CT molecular complexity index is 150. The number of rotatable bonds is 7. The fourth-order valence-corrected chi connectivity index (χ4v) is 1.06. The highest BCUT2D eigenvalue weighted by molar-refractivity contribution is 5.81. The van der Waals surface area contributed by atoms with E-state index in [4.69, 9.17) is 4.74 Å². The molecule has 0 aliphatic rings. The molecular formula is C11H20O2. The van der Waals surface area contributed by atoms with Crippen molar-refractivity contribution in [3.05, 3.63) is 12.2 Å². The van der Waals surface area contributed by atoms with Crippen LogP contribution in [0.1, 0.15) is 46.0 Å². The summed E-state index contributed by atoms with van der Waals surface area (Å²) >= 11 is 0. The number of esters is 1. The Morgan fingerprint density at radius 1 is 1.23 bits per heavy atom. The maximum atomic E-state index is 10.8. The zero-order chi connectivity index (χ0) is 9.94. The first-order chi connectivity index (χ1) is 6.31. The summed E-state index contributed by atoms with van der Waals surface area (Å²) in [7, 11) is 0. The first-order valence-electron chi connectivity index (χ1n) is 5.10. The van der Waals surface area contributed by atoms with Crippen LogP contribution in [0, 0.1) is 0 Å². The predicted molar refractivity (Wildman–Crippen MR) is 54.5 cm³/mol. The van der Waals surface area contributed by atoms with Crippen LogP contribution in [0.4, 0.5) is 0 Å². The number of allylic oxidation sites excluding steroid dienone is 1. The van der Waals surface area contributed by atoms with Crippen LogP contribution in [0.3, 0.4) is 0 Å². The number of carbonyl (C=O) groups excluding carboxylic acids is 1. The lowest BCUT2D eigenvalue weighted by Gasteiger charge is -2.01. The highest BCUT2D eigenvalue weighted by Gasteiger charge is 1.94. The highest BCUT2D eigenvalue weighted by atomic mass is 16.5. The fourth-order valence-electron chi connectivity index (χ4n) is 1.06. The summed E-state index contributed by atoms with van der Waals surface area (Å²) in [6, 6.07) is 0. The van der Waals surface area contributed by atoms with Crippen LogP contribution in [-0.4, -0.2) is 12.6 Å². The van der Waals surface area contributed by atoms with Gasteiger partial charge < -0.3 is 4.74 Å². The van der Waals surface area contributed by atoms with E-state index in [1.165, 1.54) is 25.3 Å². The zero-order valence-corrected chi connectivity index (χ0v) is 8.71. The van der Waals surface area contributed by atoms with Crippen molar-refractivity contribution in [3.8, 4) is 0 Å². The van der Waals surface area contributed by atoms with Gasteiger partial charge in [-0.15, -0.1) is 0 Å². The van der Waals surface area contributed by atoms with Gasteiger partial charge in [-0.25, -0.2) is 4.79 Å². The normalized spacial score (nSPS) is 10.6. The fraction of sp³-hybridized carbons (Fsp3) is 0.727. The Hall–Kier alpha value is -0.790. The van der Waals surface area contributed by atoms with Gasteiger partial charge in [0.25, 0.3) is 0 Å². The molecule has 76 valence electrons. The molecule has 0 aliphatic heterocycles. The zero-order valence-electron chi connectivity index (χ0n) is 8.71. The number of ether oxygens (including phenoxy) is 1. The topological polar surface area (TPSA) is 26.3 Å². The monoisotopic (exact) mass is 184 g/mol. The van der Waals surface area contributed by atoms with Crippen LogP contribution in [0.2, 0.25) is 0 Å². The van der Waals surface area contributed by atoms with E-state index >= 15 is 0 Å². The van der Waals surface area contributed by atoms with E-state index in [1.807, 2.05) is 6.92 Å². The molecule has 0 rings (SSSR count). The van der Waals surface area contributed by atoms with Crippen LogP contribution in [0.25, 0.3) is 0 Å². The van der Waals surface area contributed by atoms with Gasteiger partial charge in [0.05, 0.1) is 6.61 Å². The molecule has 0 radical (unpaired) electrons. The Morgan fingerprint density at radius 2 is 1.92 bits per heavy atom. The summed E-state index contributed by atoms with van der Waals surface area (Å²) in [5.41, 5.74) is 0. The second kappa shape index (κ2) is 9.30. The minimum Gasteiger partial charge on any atom is -0.463 e. The minimum absolute atomic E-state index is 0.224. The number of hydrogen-bond acceptors (Lipinski definition) is 2. The first-order valence-corrected chi connectivity index (χ1v) is 5.10. The molecule has 0 aliphatic carbocycles. The lowest BCUT2D eigenvalue weighted by Crippen LogP contribution is -2.01. The van der Waals surface area contributed by atoms with Crippen molar-refractivity contribution in [1.82, 2.24) is 0 Å².